The van der Waals surface area contributed by atoms with Crippen molar-refractivity contribution < 1.29 is 14.2 Å². The Balaban J connectivity index is 1.23. The van der Waals surface area contributed by atoms with Gasteiger partial charge in [0.2, 0.25) is 0 Å². The zero-order valence-electron chi connectivity index (χ0n) is 24.0. The van der Waals surface area contributed by atoms with Crippen LogP contribution in [0.25, 0.3) is 20.5 Å². The van der Waals surface area contributed by atoms with Crippen LogP contribution in [0.2, 0.25) is 0 Å². The van der Waals surface area contributed by atoms with Crippen molar-refractivity contribution in [2.24, 2.45) is 0 Å². The van der Waals surface area contributed by atoms with Crippen LogP contribution < -0.4 is 9.47 Å². The molecule has 3 aromatic carbocycles. The molecule has 2 saturated heterocycles. The number of likely N-dealkylation sites (tertiary alicyclic amines) is 2. The SMILES string of the molecule is COc1ccc2c(Cc3ccc(CN4CCCC4OC)c(Br)c3)c(-c3ccc(OCCN4CCCC4)cc3)sc2c1. The van der Waals surface area contributed by atoms with Crippen LogP contribution in [0.3, 0.4) is 0 Å². The summed E-state index contributed by atoms with van der Waals surface area (Å²) in [5.74, 6) is 1.83. The number of fused-ring (bicyclic) bond motifs is 1. The van der Waals surface area contributed by atoms with Crippen molar-refractivity contribution in [1.29, 1.82) is 0 Å². The average Bonchev–Trinajstić information content (AvgIpc) is 3.75. The second-order valence-corrected chi connectivity index (χ2v) is 13.0. The lowest BCUT2D eigenvalue weighted by Gasteiger charge is -2.23. The highest BCUT2D eigenvalue weighted by Gasteiger charge is 2.24. The molecule has 0 radical (unpaired) electrons. The smallest absolute Gasteiger partial charge is 0.120 e. The minimum Gasteiger partial charge on any atom is -0.497 e. The summed E-state index contributed by atoms with van der Waals surface area (Å²) in [6, 6.07) is 21.9. The molecule has 4 aromatic rings. The summed E-state index contributed by atoms with van der Waals surface area (Å²) in [7, 11) is 3.55. The fraction of sp³-hybridized carbons (Fsp3) is 0.412. The zero-order valence-corrected chi connectivity index (χ0v) is 26.4. The van der Waals surface area contributed by atoms with Gasteiger partial charge in [-0.2, -0.15) is 0 Å². The van der Waals surface area contributed by atoms with Gasteiger partial charge in [-0.15, -0.1) is 11.3 Å². The second-order valence-electron chi connectivity index (χ2n) is 11.1. The monoisotopic (exact) mass is 634 g/mol. The number of halogens is 1. The average molecular weight is 636 g/mol. The van der Waals surface area contributed by atoms with E-state index in [1.165, 1.54) is 69.6 Å². The van der Waals surface area contributed by atoms with Gasteiger partial charge in [-0.1, -0.05) is 28.1 Å². The van der Waals surface area contributed by atoms with Crippen LogP contribution in [-0.4, -0.2) is 63.0 Å². The van der Waals surface area contributed by atoms with Crippen molar-refractivity contribution in [3.8, 4) is 21.9 Å². The largest absolute Gasteiger partial charge is 0.497 e. The van der Waals surface area contributed by atoms with E-state index in [0.29, 0.717) is 0 Å². The Bertz CT molecular complexity index is 1470. The Hall–Kier alpha value is -2.42. The molecule has 0 aliphatic carbocycles. The first kappa shape index (κ1) is 28.7. The third kappa shape index (κ3) is 6.65. The predicted octanol–water partition coefficient (Wildman–Crippen LogP) is 7.97. The molecule has 1 unspecified atom stereocenters. The standard InChI is InChI=1S/C34H39BrN2O3S/c1-38-28-13-14-29-30(20-24-7-8-26(31(35)21-24)23-37-17-5-6-33(37)39-2)34(41-32(29)22-28)25-9-11-27(12-10-25)40-19-18-36-15-3-4-16-36/h7-14,21-22,33H,3-6,15-20,23H2,1-2H3. The number of methoxy groups -OCH3 is 2. The molecule has 0 amide bonds. The van der Waals surface area contributed by atoms with Crippen molar-refractivity contribution in [2.75, 3.05) is 47.0 Å². The quantitative estimate of drug-likeness (QED) is 0.167. The topological polar surface area (TPSA) is 34.2 Å². The number of rotatable bonds is 11. The first-order chi connectivity index (χ1) is 20.1. The van der Waals surface area contributed by atoms with Crippen LogP contribution in [0.5, 0.6) is 11.5 Å². The van der Waals surface area contributed by atoms with Crippen LogP contribution >= 0.6 is 27.3 Å². The van der Waals surface area contributed by atoms with Crippen molar-refractivity contribution in [3.63, 3.8) is 0 Å². The molecular weight excluding hydrogens is 596 g/mol. The molecule has 1 atom stereocenters. The van der Waals surface area contributed by atoms with Crippen molar-refractivity contribution in [1.82, 2.24) is 9.80 Å². The molecule has 0 saturated carbocycles. The Morgan fingerprint density at radius 1 is 0.902 bits per heavy atom. The summed E-state index contributed by atoms with van der Waals surface area (Å²) in [6.07, 6.45) is 6.01. The first-order valence-corrected chi connectivity index (χ1v) is 16.3. The van der Waals surface area contributed by atoms with E-state index in [0.717, 1.165) is 55.1 Å². The van der Waals surface area contributed by atoms with Gasteiger partial charge in [0, 0.05) is 40.8 Å². The summed E-state index contributed by atoms with van der Waals surface area (Å²) in [5.41, 5.74) is 5.18. The van der Waals surface area contributed by atoms with Gasteiger partial charge in [-0.3, -0.25) is 9.80 Å². The van der Waals surface area contributed by atoms with Crippen molar-refractivity contribution >= 4 is 37.4 Å². The van der Waals surface area contributed by atoms with E-state index in [4.69, 9.17) is 14.2 Å². The molecule has 41 heavy (non-hydrogen) atoms. The van der Waals surface area contributed by atoms with E-state index in [2.05, 4.69) is 86.4 Å². The molecule has 1 aromatic heterocycles. The van der Waals surface area contributed by atoms with E-state index < -0.39 is 0 Å². The van der Waals surface area contributed by atoms with Gasteiger partial charge in [0.15, 0.2) is 0 Å². The Morgan fingerprint density at radius 3 is 2.46 bits per heavy atom. The molecule has 0 bridgehead atoms. The van der Waals surface area contributed by atoms with E-state index in [-0.39, 0.29) is 6.23 Å². The van der Waals surface area contributed by atoms with Gasteiger partial charge in [0.1, 0.15) is 24.3 Å². The van der Waals surface area contributed by atoms with Gasteiger partial charge in [-0.05, 0) is 121 Å². The Kier molecular flexibility index (Phi) is 9.28. The van der Waals surface area contributed by atoms with Crippen molar-refractivity contribution in [2.45, 2.75) is 44.9 Å². The van der Waals surface area contributed by atoms with Gasteiger partial charge in [0.25, 0.3) is 0 Å². The van der Waals surface area contributed by atoms with E-state index in [1.807, 2.05) is 18.4 Å². The zero-order chi connectivity index (χ0) is 28.2. The number of ether oxygens (including phenoxy) is 3. The minimum absolute atomic E-state index is 0.222. The maximum Gasteiger partial charge on any atom is 0.120 e. The number of hydrogen-bond acceptors (Lipinski definition) is 6. The minimum atomic E-state index is 0.222. The molecule has 0 N–H and O–H groups in total. The van der Waals surface area contributed by atoms with Crippen molar-refractivity contribution in [3.05, 3.63) is 81.8 Å². The normalized spacial score (nSPS) is 18.0. The summed E-state index contributed by atoms with van der Waals surface area (Å²) in [6.45, 7) is 6.13. The molecule has 3 heterocycles. The number of thiophene rings is 1. The van der Waals surface area contributed by atoms with E-state index >= 15 is 0 Å². The maximum absolute atomic E-state index is 6.09. The van der Waals surface area contributed by atoms with Crippen LogP contribution in [-0.2, 0) is 17.7 Å². The van der Waals surface area contributed by atoms with Crippen LogP contribution in [0.15, 0.2) is 65.1 Å². The number of benzene rings is 3. The third-order valence-corrected chi connectivity index (χ3v) is 10.4. The lowest BCUT2D eigenvalue weighted by molar-refractivity contribution is -0.00824. The predicted molar refractivity (Wildman–Crippen MR) is 172 cm³/mol. The van der Waals surface area contributed by atoms with Gasteiger partial charge < -0.3 is 14.2 Å². The fourth-order valence-corrected chi connectivity index (χ4v) is 7.97. The third-order valence-electron chi connectivity index (χ3n) is 8.44. The summed E-state index contributed by atoms with van der Waals surface area (Å²) in [4.78, 5) is 6.22. The van der Waals surface area contributed by atoms with E-state index in [9.17, 15) is 0 Å². The lowest BCUT2D eigenvalue weighted by atomic mass is 9.98. The summed E-state index contributed by atoms with van der Waals surface area (Å²) >= 11 is 5.72. The summed E-state index contributed by atoms with van der Waals surface area (Å²) in [5, 5.41) is 1.29. The molecule has 5 nitrogen and oxygen atoms in total. The second kappa shape index (κ2) is 13.3. The highest BCUT2D eigenvalue weighted by molar-refractivity contribution is 9.10. The van der Waals surface area contributed by atoms with Crippen LogP contribution in [0, 0.1) is 0 Å². The molecule has 216 valence electrons. The molecule has 2 fully saturated rings. The molecular formula is C34H39BrN2O3S. The Morgan fingerprint density at radius 2 is 1.71 bits per heavy atom. The molecule has 2 aliphatic rings. The molecule has 0 spiro atoms. The highest BCUT2D eigenvalue weighted by Crippen LogP contribution is 2.42. The Labute approximate surface area is 256 Å². The fourth-order valence-electron chi connectivity index (χ4n) is 6.16. The first-order valence-electron chi connectivity index (χ1n) is 14.7. The van der Waals surface area contributed by atoms with Gasteiger partial charge >= 0.3 is 0 Å². The summed E-state index contributed by atoms with van der Waals surface area (Å²) < 4.78 is 19.7. The molecule has 7 heteroatoms. The number of nitrogens with zero attached hydrogens (tertiary/aromatic N) is 2. The molecule has 2 aliphatic heterocycles. The van der Waals surface area contributed by atoms with Crippen LogP contribution in [0.1, 0.15) is 42.4 Å². The molecule has 6 rings (SSSR count). The maximum atomic E-state index is 6.09. The lowest BCUT2D eigenvalue weighted by Crippen LogP contribution is -2.30. The van der Waals surface area contributed by atoms with E-state index in [1.54, 1.807) is 7.11 Å². The number of hydrogen-bond donors (Lipinski definition) is 0. The highest BCUT2D eigenvalue weighted by atomic mass is 79.9. The van der Waals surface area contributed by atoms with Gasteiger partial charge in [-0.25, -0.2) is 0 Å². The van der Waals surface area contributed by atoms with Crippen LogP contribution in [0.4, 0.5) is 0 Å². The van der Waals surface area contributed by atoms with Gasteiger partial charge in [0.05, 0.1) is 7.11 Å².